The fourth-order valence-corrected chi connectivity index (χ4v) is 2.76. The SMILES string of the molecule is CCC[C@]1(n2ccc(N)nc2=O)C[C@H](N=[N+]=[N-])[C@@H](CO)O1. The number of ether oxygens (including phenoxy) is 1. The van der Waals surface area contributed by atoms with Crippen LogP contribution in [0.5, 0.6) is 0 Å². The molecule has 2 heterocycles. The van der Waals surface area contributed by atoms with Gasteiger partial charge in [-0.2, -0.15) is 4.98 Å². The maximum absolute atomic E-state index is 12.1. The van der Waals surface area contributed by atoms with Gasteiger partial charge in [-0.3, -0.25) is 4.57 Å². The topological polar surface area (TPSA) is 139 Å². The van der Waals surface area contributed by atoms with E-state index in [9.17, 15) is 9.90 Å². The minimum atomic E-state index is -0.973. The third-order valence-electron chi connectivity index (χ3n) is 3.61. The van der Waals surface area contributed by atoms with Crippen LogP contribution >= 0.6 is 0 Å². The van der Waals surface area contributed by atoms with Crippen molar-refractivity contribution in [3.8, 4) is 0 Å². The molecule has 1 aliphatic rings. The van der Waals surface area contributed by atoms with Crippen LogP contribution in [0.2, 0.25) is 0 Å². The molecule has 1 fully saturated rings. The molecule has 0 unspecified atom stereocenters. The molecule has 0 saturated carbocycles. The van der Waals surface area contributed by atoms with Crippen LogP contribution in [0.3, 0.4) is 0 Å². The summed E-state index contributed by atoms with van der Waals surface area (Å²) in [5, 5.41) is 13.1. The van der Waals surface area contributed by atoms with Crippen molar-refractivity contribution in [2.24, 2.45) is 5.11 Å². The van der Waals surface area contributed by atoms with Crippen molar-refractivity contribution in [1.29, 1.82) is 0 Å². The van der Waals surface area contributed by atoms with Crippen LogP contribution < -0.4 is 11.4 Å². The van der Waals surface area contributed by atoms with Crippen molar-refractivity contribution in [1.82, 2.24) is 9.55 Å². The fourth-order valence-electron chi connectivity index (χ4n) is 2.76. The summed E-state index contributed by atoms with van der Waals surface area (Å²) in [5.74, 6) is 0.131. The molecule has 1 aromatic heterocycles. The molecule has 9 heteroatoms. The zero-order valence-electron chi connectivity index (χ0n) is 11.7. The van der Waals surface area contributed by atoms with Crippen molar-refractivity contribution < 1.29 is 9.84 Å². The minimum absolute atomic E-state index is 0.131. The first-order valence-electron chi connectivity index (χ1n) is 6.75. The molecule has 0 amide bonds. The smallest absolute Gasteiger partial charge is 0.351 e. The summed E-state index contributed by atoms with van der Waals surface area (Å²) in [7, 11) is 0. The molecular weight excluding hydrogens is 276 g/mol. The number of azide groups is 1. The number of nitrogens with zero attached hydrogens (tertiary/aromatic N) is 5. The molecule has 1 aliphatic heterocycles. The molecular formula is C12H18N6O3. The Balaban J connectivity index is 2.47. The van der Waals surface area contributed by atoms with Gasteiger partial charge in [-0.05, 0) is 18.0 Å². The Kier molecular flexibility index (Phi) is 4.46. The highest BCUT2D eigenvalue weighted by molar-refractivity contribution is 5.24. The Labute approximate surface area is 121 Å². The number of rotatable bonds is 5. The molecule has 3 N–H and O–H groups in total. The molecule has 1 aromatic rings. The zero-order chi connectivity index (χ0) is 15.5. The van der Waals surface area contributed by atoms with E-state index in [1.807, 2.05) is 6.92 Å². The predicted octanol–water partition coefficient (Wildman–Crippen LogP) is 0.738. The van der Waals surface area contributed by atoms with E-state index in [2.05, 4.69) is 15.0 Å². The van der Waals surface area contributed by atoms with Crippen LogP contribution in [-0.4, -0.2) is 33.4 Å². The van der Waals surface area contributed by atoms with E-state index in [0.717, 1.165) is 6.42 Å². The molecule has 0 bridgehead atoms. The van der Waals surface area contributed by atoms with E-state index in [4.69, 9.17) is 16.0 Å². The lowest BCUT2D eigenvalue weighted by Crippen LogP contribution is -2.42. The van der Waals surface area contributed by atoms with Gasteiger partial charge >= 0.3 is 5.69 Å². The molecule has 0 aromatic carbocycles. The van der Waals surface area contributed by atoms with Gasteiger partial charge in [-0.25, -0.2) is 4.79 Å². The Morgan fingerprint density at radius 3 is 3.10 bits per heavy atom. The average Bonchev–Trinajstić information content (AvgIpc) is 2.78. The number of anilines is 1. The van der Waals surface area contributed by atoms with Crippen LogP contribution in [-0.2, 0) is 10.5 Å². The number of hydrogen-bond acceptors (Lipinski definition) is 6. The number of nitrogen functional groups attached to an aromatic ring is 1. The summed E-state index contributed by atoms with van der Waals surface area (Å²) in [6.45, 7) is 1.67. The zero-order valence-corrected chi connectivity index (χ0v) is 11.7. The summed E-state index contributed by atoms with van der Waals surface area (Å²) < 4.78 is 7.24. The quantitative estimate of drug-likeness (QED) is 0.468. The first-order chi connectivity index (χ1) is 10.1. The van der Waals surface area contributed by atoms with E-state index in [-0.39, 0.29) is 12.4 Å². The second-order valence-electron chi connectivity index (χ2n) is 5.02. The Morgan fingerprint density at radius 1 is 1.76 bits per heavy atom. The summed E-state index contributed by atoms with van der Waals surface area (Å²) in [4.78, 5) is 18.6. The van der Waals surface area contributed by atoms with E-state index in [1.165, 1.54) is 16.8 Å². The Morgan fingerprint density at radius 2 is 2.52 bits per heavy atom. The third kappa shape index (κ3) is 2.85. The van der Waals surface area contributed by atoms with Crippen LogP contribution in [0.25, 0.3) is 10.4 Å². The molecule has 114 valence electrons. The predicted molar refractivity (Wildman–Crippen MR) is 75.3 cm³/mol. The summed E-state index contributed by atoms with van der Waals surface area (Å²) in [6.07, 6.45) is 2.47. The lowest BCUT2D eigenvalue weighted by molar-refractivity contribution is -0.119. The number of aliphatic hydroxyl groups excluding tert-OH is 1. The number of aliphatic hydroxyl groups is 1. The molecule has 9 nitrogen and oxygen atoms in total. The van der Waals surface area contributed by atoms with Crippen molar-refractivity contribution in [2.75, 3.05) is 12.3 Å². The molecule has 21 heavy (non-hydrogen) atoms. The molecule has 2 rings (SSSR count). The second kappa shape index (κ2) is 6.13. The van der Waals surface area contributed by atoms with Crippen molar-refractivity contribution in [3.05, 3.63) is 33.2 Å². The van der Waals surface area contributed by atoms with Crippen molar-refractivity contribution in [3.63, 3.8) is 0 Å². The van der Waals surface area contributed by atoms with Gasteiger partial charge in [0.25, 0.3) is 0 Å². The fraction of sp³-hybridized carbons (Fsp3) is 0.667. The Bertz CT molecular complexity index is 611. The van der Waals surface area contributed by atoms with Crippen LogP contribution in [0.15, 0.2) is 22.2 Å². The molecule has 0 aliphatic carbocycles. The number of nitrogens with two attached hydrogens (primary N) is 1. The lowest BCUT2D eigenvalue weighted by atomic mass is 10.00. The van der Waals surface area contributed by atoms with Gasteiger partial charge in [0.05, 0.1) is 18.8 Å². The molecule has 0 radical (unpaired) electrons. The van der Waals surface area contributed by atoms with E-state index in [1.54, 1.807) is 0 Å². The maximum atomic E-state index is 12.1. The molecule has 0 spiro atoms. The summed E-state index contributed by atoms with van der Waals surface area (Å²) in [5.41, 5.74) is 12.6. The van der Waals surface area contributed by atoms with Gasteiger partial charge in [0.2, 0.25) is 0 Å². The summed E-state index contributed by atoms with van der Waals surface area (Å²) >= 11 is 0. The third-order valence-corrected chi connectivity index (χ3v) is 3.61. The largest absolute Gasteiger partial charge is 0.394 e. The van der Waals surface area contributed by atoms with Crippen LogP contribution in [0.1, 0.15) is 26.2 Å². The van der Waals surface area contributed by atoms with Gasteiger partial charge in [-0.15, -0.1) is 0 Å². The number of hydrogen-bond donors (Lipinski definition) is 2. The average molecular weight is 294 g/mol. The van der Waals surface area contributed by atoms with Crippen molar-refractivity contribution >= 4 is 5.82 Å². The molecule has 3 atom stereocenters. The monoisotopic (exact) mass is 294 g/mol. The highest BCUT2D eigenvalue weighted by Gasteiger charge is 2.47. The lowest BCUT2D eigenvalue weighted by Gasteiger charge is -2.30. The maximum Gasteiger partial charge on any atom is 0.351 e. The van der Waals surface area contributed by atoms with Gasteiger partial charge in [0.1, 0.15) is 11.5 Å². The highest BCUT2D eigenvalue weighted by atomic mass is 16.5. The van der Waals surface area contributed by atoms with Crippen molar-refractivity contribution in [2.45, 2.75) is 44.1 Å². The first kappa shape index (κ1) is 15.3. The number of aromatic nitrogens is 2. The normalized spacial score (nSPS) is 28.3. The van der Waals surface area contributed by atoms with Crippen LogP contribution in [0.4, 0.5) is 5.82 Å². The molecule has 1 saturated heterocycles. The summed E-state index contributed by atoms with van der Waals surface area (Å²) in [6, 6.07) is 0.979. The van der Waals surface area contributed by atoms with E-state index < -0.39 is 23.6 Å². The second-order valence-corrected chi connectivity index (χ2v) is 5.02. The minimum Gasteiger partial charge on any atom is -0.394 e. The standard InChI is InChI=1S/C12H18N6O3/c1-2-4-12(18-5-3-10(13)15-11(18)20)6-8(16-17-14)9(7-19)21-12/h3,5,8-9,19H,2,4,6-7H2,1H3,(H2,13,15,20)/t8-,9+,12+/m0/s1. The van der Waals surface area contributed by atoms with Gasteiger partial charge in [-0.1, -0.05) is 18.5 Å². The van der Waals surface area contributed by atoms with E-state index >= 15 is 0 Å². The Hall–Kier alpha value is -2.09. The van der Waals surface area contributed by atoms with Crippen LogP contribution in [0, 0.1) is 0 Å². The van der Waals surface area contributed by atoms with Gasteiger partial charge < -0.3 is 15.6 Å². The van der Waals surface area contributed by atoms with Gasteiger partial charge in [0.15, 0.2) is 0 Å². The highest BCUT2D eigenvalue weighted by Crippen LogP contribution is 2.39. The van der Waals surface area contributed by atoms with Gasteiger partial charge in [0, 0.05) is 17.5 Å². The van der Waals surface area contributed by atoms with E-state index in [0.29, 0.717) is 12.8 Å². The first-order valence-corrected chi connectivity index (χ1v) is 6.75.